The van der Waals surface area contributed by atoms with E-state index in [0.717, 1.165) is 5.41 Å². The monoisotopic (exact) mass is 388 g/mol. The number of carbonyl (C=O) groups is 2. The Kier molecular flexibility index (Phi) is 6.86. The molecule has 0 saturated heterocycles. The zero-order valence-corrected chi connectivity index (χ0v) is 15.4. The van der Waals surface area contributed by atoms with Crippen LogP contribution in [-0.2, 0) is 24.3 Å². The zero-order valence-electron chi connectivity index (χ0n) is 14.6. The predicted molar refractivity (Wildman–Crippen MR) is 101 cm³/mol. The molecule has 2 aromatic rings. The molecule has 0 fully saturated rings. The number of amides is 1. The molecular weight excluding hydrogens is 368 g/mol. The fourth-order valence-corrected chi connectivity index (χ4v) is 3.21. The van der Waals surface area contributed by atoms with Gasteiger partial charge in [-0.2, -0.15) is 4.72 Å². The van der Waals surface area contributed by atoms with Gasteiger partial charge < -0.3 is 10.5 Å². The third-order valence-corrected chi connectivity index (χ3v) is 4.71. The molecular formula is C19H20N2O5S. The van der Waals surface area contributed by atoms with Gasteiger partial charge in [-0.15, -0.1) is 0 Å². The van der Waals surface area contributed by atoms with Crippen molar-refractivity contribution in [3.8, 4) is 0 Å². The fraction of sp³-hybridized carbons (Fsp3) is 0.158. The van der Waals surface area contributed by atoms with E-state index in [1.54, 1.807) is 54.6 Å². The van der Waals surface area contributed by atoms with E-state index in [2.05, 4.69) is 4.72 Å². The van der Waals surface area contributed by atoms with Gasteiger partial charge in [-0.3, -0.25) is 9.59 Å². The van der Waals surface area contributed by atoms with Crippen molar-refractivity contribution in [3.05, 3.63) is 77.2 Å². The van der Waals surface area contributed by atoms with E-state index in [1.807, 2.05) is 6.07 Å². The largest absolute Gasteiger partial charge is 0.446 e. The smallest absolute Gasteiger partial charge is 0.325 e. The molecule has 0 spiro atoms. The summed E-state index contributed by atoms with van der Waals surface area (Å²) in [5, 5.41) is 0.953. The summed E-state index contributed by atoms with van der Waals surface area (Å²) < 4.78 is 31.5. The molecule has 2 rings (SSSR count). The van der Waals surface area contributed by atoms with E-state index in [1.165, 1.54) is 13.0 Å². The summed E-state index contributed by atoms with van der Waals surface area (Å²) in [6, 6.07) is 15.9. The molecule has 2 aromatic carbocycles. The lowest BCUT2D eigenvalue weighted by Gasteiger charge is -2.18. The van der Waals surface area contributed by atoms with Crippen molar-refractivity contribution < 1.29 is 22.7 Å². The minimum absolute atomic E-state index is 0.400. The zero-order chi connectivity index (χ0) is 19.9. The van der Waals surface area contributed by atoms with E-state index in [0.29, 0.717) is 11.1 Å². The molecule has 0 aromatic heterocycles. The average Bonchev–Trinajstić information content (AvgIpc) is 2.65. The molecule has 3 N–H and O–H groups in total. The number of sulfonamides is 1. The van der Waals surface area contributed by atoms with Gasteiger partial charge in [0, 0.05) is 11.0 Å². The lowest BCUT2D eigenvalue weighted by Crippen LogP contribution is -2.40. The van der Waals surface area contributed by atoms with E-state index < -0.39 is 34.0 Å². The van der Waals surface area contributed by atoms with Crippen LogP contribution in [0.25, 0.3) is 6.08 Å². The van der Waals surface area contributed by atoms with Crippen molar-refractivity contribution in [2.24, 2.45) is 5.73 Å². The molecule has 0 radical (unpaired) electrons. The van der Waals surface area contributed by atoms with Crippen LogP contribution in [0.4, 0.5) is 0 Å². The third kappa shape index (κ3) is 6.36. The van der Waals surface area contributed by atoms with Gasteiger partial charge in [0.25, 0.3) is 5.91 Å². The molecule has 0 aliphatic rings. The molecule has 0 saturated carbocycles. The van der Waals surface area contributed by atoms with Crippen molar-refractivity contribution in [1.82, 2.24) is 4.72 Å². The Morgan fingerprint density at radius 3 is 2.15 bits per heavy atom. The number of nitrogens with two attached hydrogens (primary N) is 1. The lowest BCUT2D eigenvalue weighted by atomic mass is 10.1. The lowest BCUT2D eigenvalue weighted by molar-refractivity contribution is -0.156. The van der Waals surface area contributed by atoms with Crippen molar-refractivity contribution in [3.63, 3.8) is 0 Å². The van der Waals surface area contributed by atoms with Crippen molar-refractivity contribution in [1.29, 1.82) is 0 Å². The second-order valence-corrected chi connectivity index (χ2v) is 7.33. The highest BCUT2D eigenvalue weighted by Gasteiger charge is 2.27. The average molecular weight is 388 g/mol. The minimum atomic E-state index is -3.89. The van der Waals surface area contributed by atoms with Crippen LogP contribution >= 0.6 is 0 Å². The van der Waals surface area contributed by atoms with Crippen molar-refractivity contribution in [2.75, 3.05) is 0 Å². The van der Waals surface area contributed by atoms with Gasteiger partial charge in [-0.25, -0.2) is 8.42 Å². The van der Waals surface area contributed by atoms with Gasteiger partial charge in [-0.05, 0) is 18.6 Å². The molecule has 0 aliphatic heterocycles. The summed E-state index contributed by atoms with van der Waals surface area (Å²) in [7, 11) is -3.89. The maximum Gasteiger partial charge on any atom is 0.325 e. The van der Waals surface area contributed by atoms with Crippen LogP contribution in [0.5, 0.6) is 0 Å². The van der Waals surface area contributed by atoms with Crippen LogP contribution in [0.2, 0.25) is 0 Å². The van der Waals surface area contributed by atoms with Crippen molar-refractivity contribution in [2.45, 2.75) is 19.1 Å². The van der Waals surface area contributed by atoms with Crippen LogP contribution < -0.4 is 10.5 Å². The molecule has 7 nitrogen and oxygen atoms in total. The second-order valence-electron chi connectivity index (χ2n) is 5.73. The van der Waals surface area contributed by atoms with Gasteiger partial charge in [0.15, 0.2) is 0 Å². The number of benzene rings is 2. The second kappa shape index (κ2) is 9.11. The highest BCUT2D eigenvalue weighted by molar-refractivity contribution is 7.92. The van der Waals surface area contributed by atoms with Gasteiger partial charge in [0.2, 0.25) is 16.1 Å². The first-order valence-corrected chi connectivity index (χ1v) is 9.63. The highest BCUT2D eigenvalue weighted by Crippen LogP contribution is 2.17. The molecule has 142 valence electrons. The van der Waals surface area contributed by atoms with E-state index in [9.17, 15) is 18.0 Å². The molecule has 2 atom stereocenters. The molecule has 0 aliphatic carbocycles. The number of hydrogen-bond acceptors (Lipinski definition) is 5. The highest BCUT2D eigenvalue weighted by atomic mass is 32.2. The normalized spacial score (nSPS) is 13.8. The Balaban J connectivity index is 2.03. The summed E-state index contributed by atoms with van der Waals surface area (Å²) in [4.78, 5) is 23.8. The van der Waals surface area contributed by atoms with Gasteiger partial charge >= 0.3 is 5.97 Å². The molecule has 0 bridgehead atoms. The summed E-state index contributed by atoms with van der Waals surface area (Å²) in [5.41, 5.74) is 6.38. The van der Waals surface area contributed by atoms with E-state index in [-0.39, 0.29) is 0 Å². The predicted octanol–water partition coefficient (Wildman–Crippen LogP) is 1.73. The number of ether oxygens (including phenoxy) is 1. The summed E-state index contributed by atoms with van der Waals surface area (Å²) in [5.74, 6) is -1.77. The van der Waals surface area contributed by atoms with Gasteiger partial charge in [0.05, 0.1) is 0 Å². The molecule has 1 amide bonds. The number of nitrogens with one attached hydrogen (secondary N) is 1. The van der Waals surface area contributed by atoms with Gasteiger partial charge in [0.1, 0.15) is 6.04 Å². The number of primary amides is 1. The number of hydrogen-bond donors (Lipinski definition) is 2. The molecule has 0 unspecified atom stereocenters. The Morgan fingerprint density at radius 1 is 1.04 bits per heavy atom. The maximum absolute atomic E-state index is 12.2. The molecule has 27 heavy (non-hydrogen) atoms. The Labute approximate surface area is 157 Å². The number of esters is 1. The fourth-order valence-electron chi connectivity index (χ4n) is 2.20. The van der Waals surface area contributed by atoms with Crippen LogP contribution in [0, 0.1) is 0 Å². The van der Waals surface area contributed by atoms with Gasteiger partial charge in [-0.1, -0.05) is 60.7 Å². The third-order valence-electron chi connectivity index (χ3n) is 3.53. The topological polar surface area (TPSA) is 116 Å². The SMILES string of the molecule is C[C@H](NS(=O)(=O)/C=C\c1ccccc1)C(=O)O[C@@H](C(N)=O)c1ccccc1. The van der Waals surface area contributed by atoms with Crippen LogP contribution in [-0.4, -0.2) is 26.3 Å². The Hall–Kier alpha value is -2.97. The summed E-state index contributed by atoms with van der Waals surface area (Å²) in [6.07, 6.45) is 0.0989. The summed E-state index contributed by atoms with van der Waals surface area (Å²) in [6.45, 7) is 1.32. The maximum atomic E-state index is 12.2. The van der Waals surface area contributed by atoms with Crippen molar-refractivity contribution >= 4 is 28.0 Å². The van der Waals surface area contributed by atoms with Crippen LogP contribution in [0.3, 0.4) is 0 Å². The first-order valence-electron chi connectivity index (χ1n) is 8.09. The van der Waals surface area contributed by atoms with E-state index >= 15 is 0 Å². The number of rotatable bonds is 8. The van der Waals surface area contributed by atoms with Crippen LogP contribution in [0.1, 0.15) is 24.2 Å². The quantitative estimate of drug-likeness (QED) is 0.668. The Morgan fingerprint density at radius 2 is 1.59 bits per heavy atom. The van der Waals surface area contributed by atoms with Crippen LogP contribution in [0.15, 0.2) is 66.1 Å². The minimum Gasteiger partial charge on any atom is -0.446 e. The standard InChI is InChI=1S/C19H20N2O5S/c1-14(21-27(24,25)13-12-15-8-4-2-5-9-15)19(23)26-17(18(20)22)16-10-6-3-7-11-16/h2-14,17,21H,1H3,(H2,20,22)/b13-12-/t14-,17+/m0/s1. The first-order chi connectivity index (χ1) is 12.8. The molecule has 0 heterocycles. The molecule has 8 heteroatoms. The Bertz CT molecular complexity index is 912. The van der Waals surface area contributed by atoms with E-state index in [4.69, 9.17) is 10.5 Å². The summed E-state index contributed by atoms with van der Waals surface area (Å²) >= 11 is 0. The first kappa shape index (κ1) is 20.3. The number of carbonyl (C=O) groups excluding carboxylic acids is 2.